The average molecular weight is 393 g/mol. The molecule has 0 atom stereocenters. The van der Waals surface area contributed by atoms with Crippen molar-refractivity contribution in [2.45, 2.75) is 19.9 Å². The van der Waals surface area contributed by atoms with Crippen LogP contribution in [0.2, 0.25) is 0 Å². The van der Waals surface area contributed by atoms with E-state index in [4.69, 9.17) is 0 Å². The van der Waals surface area contributed by atoms with Gasteiger partial charge in [0.2, 0.25) is 0 Å². The molecule has 0 spiro atoms. The number of guanidine groups is 1. The molecule has 0 unspecified atom stereocenters. The van der Waals surface area contributed by atoms with E-state index in [0.29, 0.717) is 0 Å². The second kappa shape index (κ2) is 11.4. The first kappa shape index (κ1) is 18.6. The number of halogens is 1. The van der Waals surface area contributed by atoms with Crippen molar-refractivity contribution < 1.29 is 0 Å². The first-order valence-corrected chi connectivity index (χ1v) is 7.65. The van der Waals surface area contributed by atoms with E-state index in [-0.39, 0.29) is 24.0 Å². The molecule has 0 aliphatic rings. The normalized spacial score (nSPS) is 10.8. The van der Waals surface area contributed by atoms with Gasteiger partial charge in [0, 0.05) is 20.1 Å². The van der Waals surface area contributed by atoms with Crippen LogP contribution >= 0.6 is 35.7 Å². The summed E-state index contributed by atoms with van der Waals surface area (Å²) in [5, 5.41) is 6.66. The molecule has 0 saturated carbocycles. The molecule has 5 heteroatoms. The number of hydrogen-bond acceptors (Lipinski definition) is 2. The van der Waals surface area contributed by atoms with Crippen LogP contribution in [0.1, 0.15) is 17.5 Å². The van der Waals surface area contributed by atoms with E-state index in [9.17, 15) is 0 Å². The Bertz CT molecular complexity index is 383. The van der Waals surface area contributed by atoms with Crippen LogP contribution in [0.15, 0.2) is 29.3 Å². The van der Waals surface area contributed by atoms with Gasteiger partial charge >= 0.3 is 0 Å². The second-order valence-corrected chi connectivity index (χ2v) is 5.11. The minimum absolute atomic E-state index is 0. The second-order valence-electron chi connectivity index (χ2n) is 4.13. The van der Waals surface area contributed by atoms with Gasteiger partial charge in [-0.3, -0.25) is 4.99 Å². The monoisotopic (exact) mass is 393 g/mol. The summed E-state index contributed by atoms with van der Waals surface area (Å²) in [6.07, 6.45) is 3.29. The lowest BCUT2D eigenvalue weighted by atomic mass is 10.1. The minimum atomic E-state index is 0. The molecule has 1 aromatic rings. The summed E-state index contributed by atoms with van der Waals surface area (Å²) in [5.74, 6) is 2.06. The fourth-order valence-corrected chi connectivity index (χ4v) is 2.06. The lowest BCUT2D eigenvalue weighted by molar-refractivity contribution is 0.784. The van der Waals surface area contributed by atoms with Gasteiger partial charge in [-0.1, -0.05) is 24.3 Å². The number of nitrogens with one attached hydrogen (secondary N) is 2. The van der Waals surface area contributed by atoms with Gasteiger partial charge < -0.3 is 10.6 Å². The Hall–Kier alpha value is -0.430. The van der Waals surface area contributed by atoms with Gasteiger partial charge in [0.1, 0.15) is 0 Å². The molecule has 0 fully saturated rings. The molecule has 1 aromatic carbocycles. The molecule has 3 nitrogen and oxygen atoms in total. The molecule has 2 N–H and O–H groups in total. The zero-order valence-corrected chi connectivity index (χ0v) is 15.0. The van der Waals surface area contributed by atoms with Crippen LogP contribution in [-0.2, 0) is 6.54 Å². The molecule has 0 radical (unpaired) electrons. The van der Waals surface area contributed by atoms with Crippen molar-refractivity contribution in [3.05, 3.63) is 35.4 Å². The van der Waals surface area contributed by atoms with Crippen molar-refractivity contribution in [1.82, 2.24) is 10.6 Å². The quantitative estimate of drug-likeness (QED) is 0.338. The largest absolute Gasteiger partial charge is 0.356 e. The average Bonchev–Trinajstić information content (AvgIpc) is 2.40. The van der Waals surface area contributed by atoms with Crippen LogP contribution in [-0.4, -0.2) is 31.6 Å². The third-order valence-electron chi connectivity index (χ3n) is 2.75. The topological polar surface area (TPSA) is 36.4 Å². The van der Waals surface area contributed by atoms with Crippen LogP contribution in [0, 0.1) is 6.92 Å². The Kier molecular flexibility index (Phi) is 11.1. The van der Waals surface area contributed by atoms with Crippen molar-refractivity contribution in [1.29, 1.82) is 0 Å². The van der Waals surface area contributed by atoms with E-state index in [1.54, 1.807) is 0 Å². The minimum Gasteiger partial charge on any atom is -0.356 e. The van der Waals surface area contributed by atoms with E-state index in [1.165, 1.54) is 16.9 Å². The maximum Gasteiger partial charge on any atom is 0.191 e. The molecule has 0 saturated heterocycles. The molecule has 0 heterocycles. The van der Waals surface area contributed by atoms with E-state index in [0.717, 1.165) is 25.5 Å². The van der Waals surface area contributed by atoms with E-state index in [1.807, 2.05) is 18.8 Å². The standard InChI is InChI=1S/C14H23N3S.HI/c1-12-7-4-5-8-13(12)11-17-14(15-2)16-9-6-10-18-3;/h4-5,7-8H,6,9-11H2,1-3H3,(H2,15,16,17);1H. The summed E-state index contributed by atoms with van der Waals surface area (Å²) in [4.78, 5) is 4.22. The van der Waals surface area contributed by atoms with Crippen LogP contribution in [0.5, 0.6) is 0 Å². The Morgan fingerprint density at radius 3 is 2.63 bits per heavy atom. The fourth-order valence-electron chi connectivity index (χ4n) is 1.63. The molecule has 108 valence electrons. The highest BCUT2D eigenvalue weighted by Crippen LogP contribution is 2.05. The Balaban J connectivity index is 0.00000324. The fraction of sp³-hybridized carbons (Fsp3) is 0.500. The summed E-state index contributed by atoms with van der Waals surface area (Å²) >= 11 is 1.87. The molecular formula is C14H24IN3S. The van der Waals surface area contributed by atoms with Crippen LogP contribution < -0.4 is 10.6 Å². The number of hydrogen-bond donors (Lipinski definition) is 2. The molecule has 19 heavy (non-hydrogen) atoms. The molecule has 0 amide bonds. The predicted octanol–water partition coefficient (Wildman–Crippen LogP) is 3.03. The van der Waals surface area contributed by atoms with Gasteiger partial charge in [0.25, 0.3) is 0 Å². The smallest absolute Gasteiger partial charge is 0.191 e. The van der Waals surface area contributed by atoms with Gasteiger partial charge in [0.05, 0.1) is 0 Å². The highest BCUT2D eigenvalue weighted by atomic mass is 127. The maximum atomic E-state index is 4.22. The van der Waals surface area contributed by atoms with Gasteiger partial charge in [-0.05, 0) is 36.5 Å². The summed E-state index contributed by atoms with van der Waals surface area (Å²) < 4.78 is 0. The van der Waals surface area contributed by atoms with Crippen molar-refractivity contribution in [2.75, 3.05) is 25.6 Å². The Labute approximate surface area is 138 Å². The number of thioether (sulfide) groups is 1. The van der Waals surface area contributed by atoms with Crippen molar-refractivity contribution in [2.24, 2.45) is 4.99 Å². The zero-order chi connectivity index (χ0) is 13.2. The summed E-state index contributed by atoms with van der Waals surface area (Å²) in [7, 11) is 1.81. The molecular weight excluding hydrogens is 369 g/mol. The predicted molar refractivity (Wildman–Crippen MR) is 97.8 cm³/mol. The van der Waals surface area contributed by atoms with E-state index >= 15 is 0 Å². The molecule has 0 bridgehead atoms. The highest BCUT2D eigenvalue weighted by molar-refractivity contribution is 14.0. The number of rotatable bonds is 6. The van der Waals surface area contributed by atoms with Crippen LogP contribution in [0.3, 0.4) is 0 Å². The maximum absolute atomic E-state index is 4.22. The number of aryl methyl sites for hydroxylation is 1. The first-order valence-electron chi connectivity index (χ1n) is 6.26. The SMILES string of the molecule is CN=C(NCCCSC)NCc1ccccc1C.I. The summed E-state index contributed by atoms with van der Waals surface area (Å²) in [5.41, 5.74) is 2.62. The summed E-state index contributed by atoms with van der Waals surface area (Å²) in [6, 6.07) is 8.40. The van der Waals surface area contributed by atoms with Crippen LogP contribution in [0.4, 0.5) is 0 Å². The summed E-state index contributed by atoms with van der Waals surface area (Å²) in [6.45, 7) is 3.91. The van der Waals surface area contributed by atoms with Gasteiger partial charge in [-0.15, -0.1) is 24.0 Å². The Morgan fingerprint density at radius 2 is 2.00 bits per heavy atom. The molecule has 0 aliphatic heterocycles. The number of benzene rings is 1. The van der Waals surface area contributed by atoms with Crippen molar-refractivity contribution in [3.63, 3.8) is 0 Å². The van der Waals surface area contributed by atoms with E-state index in [2.05, 4.69) is 53.1 Å². The van der Waals surface area contributed by atoms with Crippen LogP contribution in [0.25, 0.3) is 0 Å². The lowest BCUT2D eigenvalue weighted by Crippen LogP contribution is -2.37. The zero-order valence-electron chi connectivity index (χ0n) is 11.9. The highest BCUT2D eigenvalue weighted by Gasteiger charge is 1.99. The molecule has 0 aromatic heterocycles. The Morgan fingerprint density at radius 1 is 1.26 bits per heavy atom. The third-order valence-corrected chi connectivity index (χ3v) is 3.45. The van der Waals surface area contributed by atoms with Crippen molar-refractivity contribution >= 4 is 41.7 Å². The number of aliphatic imine (C=N–C) groups is 1. The molecule has 1 rings (SSSR count). The third kappa shape index (κ3) is 7.67. The first-order chi connectivity index (χ1) is 8.77. The number of nitrogens with zero attached hydrogens (tertiary/aromatic N) is 1. The van der Waals surface area contributed by atoms with Gasteiger partial charge in [-0.2, -0.15) is 11.8 Å². The van der Waals surface area contributed by atoms with E-state index < -0.39 is 0 Å². The lowest BCUT2D eigenvalue weighted by Gasteiger charge is -2.12. The van der Waals surface area contributed by atoms with Crippen molar-refractivity contribution in [3.8, 4) is 0 Å². The molecule has 0 aliphatic carbocycles. The van der Waals surface area contributed by atoms with Gasteiger partial charge in [-0.25, -0.2) is 0 Å². The van der Waals surface area contributed by atoms with Gasteiger partial charge in [0.15, 0.2) is 5.96 Å².